The van der Waals surface area contributed by atoms with E-state index in [1.54, 1.807) is 42.5 Å². The fourth-order valence-electron chi connectivity index (χ4n) is 2.67. The molecule has 0 amide bonds. The molecule has 1 fully saturated rings. The summed E-state index contributed by atoms with van der Waals surface area (Å²) in [7, 11) is -3.61. The van der Waals surface area contributed by atoms with Crippen molar-refractivity contribution in [2.24, 2.45) is 0 Å². The number of benzene rings is 2. The number of nitrogens with one attached hydrogen (secondary N) is 1. The van der Waals surface area contributed by atoms with Crippen LogP contribution in [0.1, 0.15) is 12.8 Å². The average Bonchev–Trinajstić information content (AvgIpc) is 3.02. The second kappa shape index (κ2) is 5.88. The van der Waals surface area contributed by atoms with Gasteiger partial charge in [0.25, 0.3) is 10.0 Å². The van der Waals surface area contributed by atoms with Gasteiger partial charge in [-0.2, -0.15) is 0 Å². The monoisotopic (exact) mass is 317 g/mol. The van der Waals surface area contributed by atoms with E-state index in [1.807, 2.05) is 6.07 Å². The van der Waals surface area contributed by atoms with E-state index in [-0.39, 0.29) is 4.90 Å². The highest BCUT2D eigenvalue weighted by atomic mass is 32.2. The summed E-state index contributed by atoms with van der Waals surface area (Å²) in [6.45, 7) is 1.87. The molecular weight excluding hydrogens is 298 g/mol. The Bertz CT molecular complexity index is 754. The summed E-state index contributed by atoms with van der Waals surface area (Å²) in [4.78, 5) is 2.42. The van der Waals surface area contributed by atoms with Crippen molar-refractivity contribution in [1.29, 1.82) is 0 Å². The molecule has 0 saturated carbocycles. The van der Waals surface area contributed by atoms with Crippen LogP contribution in [-0.4, -0.2) is 21.5 Å². The third-order valence-corrected chi connectivity index (χ3v) is 5.15. The van der Waals surface area contributed by atoms with Crippen LogP contribution >= 0.6 is 0 Å². The Kier molecular flexibility index (Phi) is 3.94. The smallest absolute Gasteiger partial charge is 0.261 e. The summed E-state index contributed by atoms with van der Waals surface area (Å²) in [5.41, 5.74) is 7.78. The number of nitrogens with two attached hydrogens (primary N) is 1. The number of hydrogen-bond donors (Lipinski definition) is 2. The molecule has 2 aromatic rings. The zero-order valence-corrected chi connectivity index (χ0v) is 13.0. The maximum Gasteiger partial charge on any atom is 0.261 e. The maximum absolute atomic E-state index is 12.5. The Labute approximate surface area is 130 Å². The van der Waals surface area contributed by atoms with Gasteiger partial charge in [-0.25, -0.2) is 8.42 Å². The van der Waals surface area contributed by atoms with Crippen molar-refractivity contribution in [3.05, 3.63) is 48.5 Å². The number of hydrogen-bond acceptors (Lipinski definition) is 4. The van der Waals surface area contributed by atoms with Gasteiger partial charge in [0, 0.05) is 18.8 Å². The summed E-state index contributed by atoms with van der Waals surface area (Å²) in [5.74, 6) is 0. The Balaban J connectivity index is 1.96. The Morgan fingerprint density at radius 1 is 1.00 bits per heavy atom. The quantitative estimate of drug-likeness (QED) is 0.850. The summed E-state index contributed by atoms with van der Waals surface area (Å²) in [6, 6.07) is 13.7. The van der Waals surface area contributed by atoms with E-state index in [0.717, 1.165) is 31.6 Å². The second-order valence-corrected chi connectivity index (χ2v) is 7.07. The number of sulfonamides is 1. The van der Waals surface area contributed by atoms with Gasteiger partial charge in [-0.1, -0.05) is 18.2 Å². The molecule has 0 spiro atoms. The first-order valence-corrected chi connectivity index (χ1v) is 8.77. The van der Waals surface area contributed by atoms with Crippen LogP contribution in [0.2, 0.25) is 0 Å². The summed E-state index contributed by atoms with van der Waals surface area (Å²) < 4.78 is 27.7. The molecule has 1 aliphatic rings. The Morgan fingerprint density at radius 3 is 2.36 bits per heavy atom. The number of nitrogens with zero attached hydrogens (tertiary/aromatic N) is 1. The van der Waals surface area contributed by atoms with Gasteiger partial charge in [-0.15, -0.1) is 0 Å². The average molecular weight is 317 g/mol. The highest BCUT2D eigenvalue weighted by Crippen LogP contribution is 2.32. The molecule has 22 heavy (non-hydrogen) atoms. The minimum absolute atomic E-state index is 0.241. The van der Waals surface area contributed by atoms with E-state index in [0.29, 0.717) is 11.4 Å². The highest BCUT2D eigenvalue weighted by Gasteiger charge is 2.20. The third-order valence-electron chi connectivity index (χ3n) is 3.77. The topological polar surface area (TPSA) is 75.4 Å². The predicted molar refractivity (Wildman–Crippen MR) is 89.6 cm³/mol. The normalized spacial score (nSPS) is 15.0. The first-order chi connectivity index (χ1) is 10.6. The number of nitrogen functional groups attached to an aromatic ring is 1. The van der Waals surface area contributed by atoms with Crippen LogP contribution in [0.3, 0.4) is 0 Å². The summed E-state index contributed by atoms with van der Waals surface area (Å²) in [5, 5.41) is 0. The summed E-state index contributed by atoms with van der Waals surface area (Å²) >= 11 is 0. The van der Waals surface area contributed by atoms with Crippen LogP contribution in [0.4, 0.5) is 17.1 Å². The molecule has 116 valence electrons. The van der Waals surface area contributed by atoms with Crippen LogP contribution in [0, 0.1) is 0 Å². The molecule has 0 bridgehead atoms. The Morgan fingerprint density at radius 2 is 1.68 bits per heavy atom. The SMILES string of the molecule is Nc1ccc(N2CCCC2)c(NS(=O)(=O)c2ccccc2)c1. The number of anilines is 3. The van der Waals surface area contributed by atoms with Gasteiger partial charge in [-0.3, -0.25) is 4.72 Å². The largest absolute Gasteiger partial charge is 0.399 e. The first kappa shape index (κ1) is 14.7. The van der Waals surface area contributed by atoms with Crippen molar-refractivity contribution in [1.82, 2.24) is 0 Å². The zero-order chi connectivity index (χ0) is 15.6. The Hall–Kier alpha value is -2.21. The van der Waals surface area contributed by atoms with Crippen LogP contribution < -0.4 is 15.4 Å². The van der Waals surface area contributed by atoms with E-state index in [2.05, 4.69) is 9.62 Å². The molecule has 0 atom stereocenters. The van der Waals surface area contributed by atoms with Gasteiger partial charge in [-0.05, 0) is 43.2 Å². The fourth-order valence-corrected chi connectivity index (χ4v) is 3.76. The van der Waals surface area contributed by atoms with E-state index < -0.39 is 10.0 Å². The van der Waals surface area contributed by atoms with Crippen molar-refractivity contribution in [2.75, 3.05) is 28.4 Å². The van der Waals surface area contributed by atoms with Crippen molar-refractivity contribution in [3.8, 4) is 0 Å². The molecule has 0 radical (unpaired) electrons. The van der Waals surface area contributed by atoms with Crippen molar-refractivity contribution >= 4 is 27.1 Å². The highest BCUT2D eigenvalue weighted by molar-refractivity contribution is 7.92. The molecular formula is C16H19N3O2S. The lowest BCUT2D eigenvalue weighted by Crippen LogP contribution is -2.21. The van der Waals surface area contributed by atoms with Crippen molar-refractivity contribution < 1.29 is 8.42 Å². The lowest BCUT2D eigenvalue weighted by atomic mass is 10.2. The predicted octanol–water partition coefficient (Wildman–Crippen LogP) is 2.67. The van der Waals surface area contributed by atoms with Gasteiger partial charge in [0.05, 0.1) is 16.3 Å². The van der Waals surface area contributed by atoms with Gasteiger partial charge < -0.3 is 10.6 Å². The van der Waals surface area contributed by atoms with E-state index in [1.165, 1.54) is 0 Å². The minimum atomic E-state index is -3.61. The second-order valence-electron chi connectivity index (χ2n) is 5.39. The third kappa shape index (κ3) is 3.01. The summed E-state index contributed by atoms with van der Waals surface area (Å²) in [6.07, 6.45) is 2.24. The van der Waals surface area contributed by atoms with Crippen molar-refractivity contribution in [3.63, 3.8) is 0 Å². The number of rotatable bonds is 4. The molecule has 1 heterocycles. The zero-order valence-electron chi connectivity index (χ0n) is 12.2. The minimum Gasteiger partial charge on any atom is -0.399 e. The molecule has 2 aromatic carbocycles. The molecule has 0 unspecified atom stereocenters. The van der Waals surface area contributed by atoms with Gasteiger partial charge >= 0.3 is 0 Å². The van der Waals surface area contributed by atoms with E-state index in [4.69, 9.17) is 5.73 Å². The maximum atomic E-state index is 12.5. The van der Waals surface area contributed by atoms with Crippen LogP contribution in [-0.2, 0) is 10.0 Å². The van der Waals surface area contributed by atoms with E-state index in [9.17, 15) is 8.42 Å². The van der Waals surface area contributed by atoms with Crippen LogP contribution in [0.15, 0.2) is 53.4 Å². The first-order valence-electron chi connectivity index (χ1n) is 7.29. The standard InChI is InChI=1S/C16H19N3O2S/c17-13-8-9-16(19-10-4-5-11-19)15(12-13)18-22(20,21)14-6-2-1-3-7-14/h1-3,6-9,12,18H,4-5,10-11,17H2. The molecule has 6 heteroatoms. The van der Waals surface area contributed by atoms with E-state index >= 15 is 0 Å². The lowest BCUT2D eigenvalue weighted by molar-refractivity contribution is 0.601. The van der Waals surface area contributed by atoms with Crippen LogP contribution in [0.25, 0.3) is 0 Å². The molecule has 5 nitrogen and oxygen atoms in total. The molecule has 1 saturated heterocycles. The molecule has 0 aliphatic carbocycles. The van der Waals surface area contributed by atoms with Gasteiger partial charge in [0.2, 0.25) is 0 Å². The fraction of sp³-hybridized carbons (Fsp3) is 0.250. The van der Waals surface area contributed by atoms with Crippen molar-refractivity contribution in [2.45, 2.75) is 17.7 Å². The molecule has 3 rings (SSSR count). The van der Waals surface area contributed by atoms with Gasteiger partial charge in [0.15, 0.2) is 0 Å². The van der Waals surface area contributed by atoms with Gasteiger partial charge in [0.1, 0.15) is 0 Å². The molecule has 0 aromatic heterocycles. The van der Waals surface area contributed by atoms with Crippen LogP contribution in [0.5, 0.6) is 0 Å². The molecule has 1 aliphatic heterocycles. The lowest BCUT2D eigenvalue weighted by Gasteiger charge is -2.22. The molecule has 3 N–H and O–H groups in total.